The molecule has 1 aromatic heterocycles. The van der Waals surface area contributed by atoms with Crippen molar-refractivity contribution in [3.05, 3.63) is 76.3 Å². The average Bonchev–Trinajstić information content (AvgIpc) is 2.98. The summed E-state index contributed by atoms with van der Waals surface area (Å²) >= 11 is 17.1. The van der Waals surface area contributed by atoms with Crippen molar-refractivity contribution in [3.8, 4) is 0 Å². The smallest absolute Gasteiger partial charge is 0.175 e. The molecule has 0 aliphatic heterocycles. The average molecular weight is 395 g/mol. The van der Waals surface area contributed by atoms with E-state index in [4.69, 9.17) is 35.4 Å². The lowest BCUT2D eigenvalue weighted by Gasteiger charge is -2.08. The molecule has 4 nitrogen and oxygen atoms in total. The highest BCUT2D eigenvalue weighted by Gasteiger charge is 2.05. The van der Waals surface area contributed by atoms with Crippen LogP contribution >= 0.6 is 35.4 Å². The zero-order valence-electron chi connectivity index (χ0n) is 12.8. The van der Waals surface area contributed by atoms with E-state index < -0.39 is 0 Å². The normalized spacial score (nSPS) is 10.5. The summed E-state index contributed by atoms with van der Waals surface area (Å²) in [4.78, 5) is 0. The molecule has 0 aliphatic rings. The Morgan fingerprint density at radius 3 is 2.64 bits per heavy atom. The fraction of sp³-hybridized carbons (Fsp3) is 0.0588. The Morgan fingerprint density at radius 1 is 1.08 bits per heavy atom. The van der Waals surface area contributed by atoms with Crippen molar-refractivity contribution >= 4 is 51.9 Å². The van der Waals surface area contributed by atoms with Gasteiger partial charge >= 0.3 is 0 Å². The number of nitrogens with one attached hydrogen (secondary N) is 2. The molecule has 2 aromatic carbocycles. The molecule has 0 fully saturated rings. The molecule has 3 aromatic rings. The third kappa shape index (κ3) is 4.92. The van der Waals surface area contributed by atoms with Gasteiger partial charge in [0, 0.05) is 11.9 Å². The molecule has 0 saturated heterocycles. The maximum absolute atomic E-state index is 13.2. The molecule has 25 heavy (non-hydrogen) atoms. The Balaban J connectivity index is 1.61. The monoisotopic (exact) mass is 394 g/mol. The van der Waals surface area contributed by atoms with Gasteiger partial charge in [0.05, 0.1) is 28.5 Å². The Hall–Kier alpha value is -2.15. The number of thiocarbonyl (C=S) groups is 1. The minimum Gasteiger partial charge on any atom is -0.332 e. The molecule has 0 spiro atoms. The Kier molecular flexibility index (Phi) is 5.53. The van der Waals surface area contributed by atoms with Crippen LogP contribution in [0.2, 0.25) is 10.0 Å². The Labute approximate surface area is 159 Å². The van der Waals surface area contributed by atoms with Gasteiger partial charge in [0.1, 0.15) is 5.82 Å². The zero-order valence-corrected chi connectivity index (χ0v) is 15.2. The minimum absolute atomic E-state index is 0.331. The van der Waals surface area contributed by atoms with Crippen molar-refractivity contribution in [3.63, 3.8) is 0 Å². The van der Waals surface area contributed by atoms with Crippen LogP contribution in [0.1, 0.15) is 5.56 Å². The van der Waals surface area contributed by atoms with Crippen LogP contribution < -0.4 is 10.6 Å². The van der Waals surface area contributed by atoms with Crippen LogP contribution in [0.4, 0.5) is 15.8 Å². The SMILES string of the molecule is Fc1cccc(NC(=S)Nc2cnn(Cc3ccc(Cl)c(Cl)c3)c2)c1. The molecule has 0 amide bonds. The van der Waals surface area contributed by atoms with Crippen LogP contribution in [0.3, 0.4) is 0 Å². The molecule has 0 bridgehead atoms. The summed E-state index contributed by atoms with van der Waals surface area (Å²) in [6.45, 7) is 0.544. The van der Waals surface area contributed by atoms with Crippen LogP contribution in [0.25, 0.3) is 0 Å². The van der Waals surface area contributed by atoms with Crippen LogP contribution in [0.15, 0.2) is 54.9 Å². The first-order chi connectivity index (χ1) is 12.0. The highest BCUT2D eigenvalue weighted by atomic mass is 35.5. The van der Waals surface area contributed by atoms with Crippen molar-refractivity contribution in [2.24, 2.45) is 0 Å². The zero-order chi connectivity index (χ0) is 17.8. The quantitative estimate of drug-likeness (QED) is 0.597. The van der Waals surface area contributed by atoms with Gasteiger partial charge < -0.3 is 10.6 Å². The maximum Gasteiger partial charge on any atom is 0.175 e. The van der Waals surface area contributed by atoms with Gasteiger partial charge in [-0.15, -0.1) is 0 Å². The van der Waals surface area contributed by atoms with E-state index in [-0.39, 0.29) is 5.82 Å². The molecule has 0 radical (unpaired) electrons. The largest absolute Gasteiger partial charge is 0.332 e. The fourth-order valence-electron chi connectivity index (χ4n) is 2.20. The van der Waals surface area contributed by atoms with Crippen LogP contribution in [0, 0.1) is 5.82 Å². The number of hydrogen-bond acceptors (Lipinski definition) is 2. The molecule has 3 rings (SSSR count). The minimum atomic E-state index is -0.331. The van der Waals surface area contributed by atoms with Gasteiger partial charge in [0.15, 0.2) is 5.11 Å². The third-order valence-corrected chi connectivity index (χ3v) is 4.25. The highest BCUT2D eigenvalue weighted by molar-refractivity contribution is 7.80. The molecule has 8 heteroatoms. The first kappa shape index (κ1) is 17.7. The first-order valence-corrected chi connectivity index (χ1v) is 8.46. The molecule has 0 unspecified atom stereocenters. The van der Waals surface area contributed by atoms with Crippen LogP contribution in [0.5, 0.6) is 0 Å². The fourth-order valence-corrected chi connectivity index (χ4v) is 2.76. The van der Waals surface area contributed by atoms with Gasteiger partial charge in [0.25, 0.3) is 0 Å². The standard InChI is InChI=1S/C17H13Cl2FN4S/c18-15-5-4-11(6-16(15)19)9-24-10-14(8-21-24)23-17(25)22-13-3-1-2-12(20)7-13/h1-8,10H,9H2,(H2,22,23,25). The highest BCUT2D eigenvalue weighted by Crippen LogP contribution is 2.23. The molecular formula is C17H13Cl2FN4S. The summed E-state index contributed by atoms with van der Waals surface area (Å²) in [5.74, 6) is -0.331. The van der Waals surface area contributed by atoms with Gasteiger partial charge in [-0.2, -0.15) is 5.10 Å². The maximum atomic E-state index is 13.2. The molecular weight excluding hydrogens is 382 g/mol. The second-order valence-electron chi connectivity index (χ2n) is 5.26. The van der Waals surface area contributed by atoms with Crippen molar-refractivity contribution in [2.45, 2.75) is 6.54 Å². The Bertz CT molecular complexity index is 913. The number of rotatable bonds is 4. The predicted octanol–water partition coefficient (Wildman–Crippen LogP) is 5.19. The van der Waals surface area contributed by atoms with Gasteiger partial charge in [-0.25, -0.2) is 4.39 Å². The van der Waals surface area contributed by atoms with Crippen molar-refractivity contribution < 1.29 is 4.39 Å². The summed E-state index contributed by atoms with van der Waals surface area (Å²) in [5.41, 5.74) is 2.26. The number of anilines is 2. The number of hydrogen-bond donors (Lipinski definition) is 2. The lowest BCUT2D eigenvalue weighted by molar-refractivity contribution is 0.628. The summed E-state index contributed by atoms with van der Waals surface area (Å²) in [6, 6.07) is 11.5. The number of benzene rings is 2. The molecule has 0 atom stereocenters. The molecule has 2 N–H and O–H groups in total. The van der Waals surface area contributed by atoms with E-state index in [9.17, 15) is 4.39 Å². The number of halogens is 3. The van der Waals surface area contributed by atoms with E-state index in [2.05, 4.69) is 15.7 Å². The molecule has 128 valence electrons. The van der Waals surface area contributed by atoms with Gasteiger partial charge in [-0.1, -0.05) is 35.3 Å². The van der Waals surface area contributed by atoms with E-state index in [1.807, 2.05) is 12.3 Å². The van der Waals surface area contributed by atoms with Gasteiger partial charge in [-0.05, 0) is 48.1 Å². The first-order valence-electron chi connectivity index (χ1n) is 7.29. The second kappa shape index (κ2) is 7.82. The second-order valence-corrected chi connectivity index (χ2v) is 6.49. The topological polar surface area (TPSA) is 41.9 Å². The molecule has 0 aliphatic carbocycles. The van der Waals surface area contributed by atoms with E-state index in [1.54, 1.807) is 35.1 Å². The summed E-state index contributed by atoms with van der Waals surface area (Å²) < 4.78 is 14.9. The van der Waals surface area contributed by atoms with Crippen LogP contribution in [-0.2, 0) is 6.54 Å². The molecule has 1 heterocycles. The number of nitrogens with zero attached hydrogens (tertiary/aromatic N) is 2. The molecule has 0 saturated carbocycles. The predicted molar refractivity (Wildman–Crippen MR) is 104 cm³/mol. The van der Waals surface area contributed by atoms with E-state index in [0.29, 0.717) is 33.1 Å². The van der Waals surface area contributed by atoms with Gasteiger partial charge in [-0.3, -0.25) is 4.68 Å². The lowest BCUT2D eigenvalue weighted by Crippen LogP contribution is -2.18. The number of aromatic nitrogens is 2. The van der Waals surface area contributed by atoms with E-state index >= 15 is 0 Å². The third-order valence-electron chi connectivity index (χ3n) is 3.30. The van der Waals surface area contributed by atoms with Crippen molar-refractivity contribution in [2.75, 3.05) is 10.6 Å². The van der Waals surface area contributed by atoms with E-state index in [1.165, 1.54) is 12.1 Å². The Morgan fingerprint density at radius 2 is 1.88 bits per heavy atom. The summed E-state index contributed by atoms with van der Waals surface area (Å²) in [7, 11) is 0. The van der Waals surface area contributed by atoms with Crippen LogP contribution in [-0.4, -0.2) is 14.9 Å². The lowest BCUT2D eigenvalue weighted by atomic mass is 10.2. The van der Waals surface area contributed by atoms with Crippen molar-refractivity contribution in [1.82, 2.24) is 9.78 Å². The van der Waals surface area contributed by atoms with Gasteiger partial charge in [0.2, 0.25) is 0 Å². The van der Waals surface area contributed by atoms with E-state index in [0.717, 1.165) is 5.56 Å². The summed E-state index contributed by atoms with van der Waals surface area (Å²) in [5, 5.41) is 11.6. The van der Waals surface area contributed by atoms with Crippen molar-refractivity contribution in [1.29, 1.82) is 0 Å². The summed E-state index contributed by atoms with van der Waals surface area (Å²) in [6.07, 6.45) is 3.46.